The topological polar surface area (TPSA) is 84.5 Å². The second kappa shape index (κ2) is 6.71. The third-order valence-electron chi connectivity index (χ3n) is 3.16. The summed E-state index contributed by atoms with van der Waals surface area (Å²) in [5.74, 6) is -0.456. The lowest BCUT2D eigenvalue weighted by molar-refractivity contribution is -0.140. The van der Waals surface area contributed by atoms with Gasteiger partial charge < -0.3 is 15.4 Å². The zero-order valence-corrected chi connectivity index (χ0v) is 12.8. The molecular formula is C14H18N2O4S. The van der Waals surface area contributed by atoms with E-state index in [1.807, 2.05) is 6.92 Å². The summed E-state index contributed by atoms with van der Waals surface area (Å²) in [6.07, 6.45) is 2.02. The SMILES string of the molecule is COC(=O)CCNC(=O)c1sc(NC(=O)C2CC2)cc1C. The molecule has 0 unspecified atom stereocenters. The fraction of sp³-hybridized carbons (Fsp3) is 0.500. The molecule has 6 nitrogen and oxygen atoms in total. The number of esters is 1. The van der Waals surface area contributed by atoms with Crippen LogP contribution in [0.3, 0.4) is 0 Å². The van der Waals surface area contributed by atoms with E-state index in [4.69, 9.17) is 0 Å². The van der Waals surface area contributed by atoms with Crippen molar-refractivity contribution in [3.63, 3.8) is 0 Å². The van der Waals surface area contributed by atoms with Crippen molar-refractivity contribution in [1.29, 1.82) is 0 Å². The number of ether oxygens (including phenoxy) is 1. The number of carbonyl (C=O) groups is 3. The van der Waals surface area contributed by atoms with Gasteiger partial charge in [-0.3, -0.25) is 14.4 Å². The minimum atomic E-state index is -0.365. The van der Waals surface area contributed by atoms with Crippen LogP contribution in [-0.4, -0.2) is 31.4 Å². The van der Waals surface area contributed by atoms with Gasteiger partial charge in [0.25, 0.3) is 5.91 Å². The predicted octanol–water partition coefficient (Wildman–Crippen LogP) is 1.70. The summed E-state index contributed by atoms with van der Waals surface area (Å²) in [6, 6.07) is 1.79. The van der Waals surface area contributed by atoms with E-state index in [9.17, 15) is 14.4 Å². The molecule has 0 bridgehead atoms. The number of anilines is 1. The van der Waals surface area contributed by atoms with Crippen molar-refractivity contribution in [2.24, 2.45) is 5.92 Å². The largest absolute Gasteiger partial charge is 0.469 e. The van der Waals surface area contributed by atoms with Crippen LogP contribution in [0.1, 0.15) is 34.5 Å². The number of methoxy groups -OCH3 is 1. The van der Waals surface area contributed by atoms with Crippen LogP contribution in [0.25, 0.3) is 0 Å². The van der Waals surface area contributed by atoms with Gasteiger partial charge in [0, 0.05) is 12.5 Å². The summed E-state index contributed by atoms with van der Waals surface area (Å²) in [7, 11) is 1.31. The van der Waals surface area contributed by atoms with Crippen molar-refractivity contribution in [1.82, 2.24) is 5.32 Å². The third kappa shape index (κ3) is 4.29. The fourth-order valence-electron chi connectivity index (χ4n) is 1.80. The number of thiophene rings is 1. The highest BCUT2D eigenvalue weighted by Crippen LogP contribution is 2.32. The average Bonchev–Trinajstić information content (AvgIpc) is 3.23. The quantitative estimate of drug-likeness (QED) is 0.783. The van der Waals surface area contributed by atoms with Crippen molar-refractivity contribution in [2.75, 3.05) is 19.0 Å². The number of hydrogen-bond acceptors (Lipinski definition) is 5. The molecule has 1 heterocycles. The van der Waals surface area contributed by atoms with Gasteiger partial charge in [-0.1, -0.05) is 0 Å². The first kappa shape index (κ1) is 15.5. The van der Waals surface area contributed by atoms with Gasteiger partial charge in [0.2, 0.25) is 5.91 Å². The minimum absolute atomic E-state index is 0.0221. The van der Waals surface area contributed by atoms with Crippen molar-refractivity contribution in [2.45, 2.75) is 26.2 Å². The molecule has 2 N–H and O–H groups in total. The molecule has 1 aliphatic rings. The Morgan fingerprint density at radius 1 is 1.38 bits per heavy atom. The van der Waals surface area contributed by atoms with E-state index < -0.39 is 0 Å². The van der Waals surface area contributed by atoms with Gasteiger partial charge in [0.15, 0.2) is 0 Å². The van der Waals surface area contributed by atoms with Crippen molar-refractivity contribution in [3.05, 3.63) is 16.5 Å². The molecule has 114 valence electrons. The molecule has 1 aliphatic carbocycles. The van der Waals surface area contributed by atoms with Crippen LogP contribution in [0, 0.1) is 12.8 Å². The maximum absolute atomic E-state index is 12.0. The molecule has 1 aromatic rings. The zero-order chi connectivity index (χ0) is 15.4. The zero-order valence-electron chi connectivity index (χ0n) is 12.0. The summed E-state index contributed by atoms with van der Waals surface area (Å²) >= 11 is 1.25. The fourth-order valence-corrected chi connectivity index (χ4v) is 2.79. The van der Waals surface area contributed by atoms with Crippen LogP contribution in [0.15, 0.2) is 6.07 Å². The number of rotatable bonds is 6. The third-order valence-corrected chi connectivity index (χ3v) is 4.31. The molecule has 7 heteroatoms. The number of aryl methyl sites for hydroxylation is 1. The van der Waals surface area contributed by atoms with E-state index >= 15 is 0 Å². The van der Waals surface area contributed by atoms with Gasteiger partial charge in [-0.05, 0) is 31.4 Å². The van der Waals surface area contributed by atoms with Crippen LogP contribution in [0.2, 0.25) is 0 Å². The lowest BCUT2D eigenvalue weighted by Gasteiger charge is -2.03. The maximum Gasteiger partial charge on any atom is 0.307 e. The molecule has 21 heavy (non-hydrogen) atoms. The summed E-state index contributed by atoms with van der Waals surface area (Å²) in [5, 5.41) is 6.18. The van der Waals surface area contributed by atoms with Crippen molar-refractivity contribution >= 4 is 34.1 Å². The van der Waals surface area contributed by atoms with Gasteiger partial charge >= 0.3 is 5.97 Å². The van der Waals surface area contributed by atoms with Gasteiger partial charge in [-0.15, -0.1) is 11.3 Å². The molecule has 0 radical (unpaired) electrons. The normalized spacial score (nSPS) is 13.6. The molecule has 1 saturated carbocycles. The van der Waals surface area contributed by atoms with Crippen LogP contribution in [-0.2, 0) is 14.3 Å². The van der Waals surface area contributed by atoms with Gasteiger partial charge in [-0.2, -0.15) is 0 Å². The molecule has 2 rings (SSSR count). The first-order chi connectivity index (χ1) is 10.0. The van der Waals surface area contributed by atoms with Crippen molar-refractivity contribution in [3.8, 4) is 0 Å². The van der Waals surface area contributed by atoms with E-state index in [1.165, 1.54) is 18.4 Å². The van der Waals surface area contributed by atoms with Crippen molar-refractivity contribution < 1.29 is 19.1 Å². The summed E-state index contributed by atoms with van der Waals surface area (Å²) in [6.45, 7) is 2.05. The number of amides is 2. The second-order valence-corrected chi connectivity index (χ2v) is 6.02. The highest BCUT2D eigenvalue weighted by atomic mass is 32.1. The van der Waals surface area contributed by atoms with E-state index in [1.54, 1.807) is 6.07 Å². The Bertz CT molecular complexity index is 563. The standard InChI is InChI=1S/C14H18N2O4S/c1-8-7-10(16-13(18)9-3-4-9)21-12(8)14(19)15-6-5-11(17)20-2/h7,9H,3-6H2,1-2H3,(H,15,19)(H,16,18). The molecule has 0 aromatic carbocycles. The Morgan fingerprint density at radius 3 is 2.71 bits per heavy atom. The Hall–Kier alpha value is -1.89. The predicted molar refractivity (Wildman–Crippen MR) is 79.4 cm³/mol. The van der Waals surface area contributed by atoms with Crippen LogP contribution >= 0.6 is 11.3 Å². The first-order valence-electron chi connectivity index (χ1n) is 6.77. The lowest BCUT2D eigenvalue weighted by Crippen LogP contribution is -2.26. The Morgan fingerprint density at radius 2 is 2.10 bits per heavy atom. The van der Waals surface area contributed by atoms with E-state index in [0.29, 0.717) is 9.88 Å². The molecule has 0 aliphatic heterocycles. The Kier molecular flexibility index (Phi) is 4.95. The number of nitrogens with one attached hydrogen (secondary N) is 2. The van der Waals surface area contributed by atoms with Gasteiger partial charge in [0.05, 0.1) is 23.4 Å². The second-order valence-electron chi connectivity index (χ2n) is 4.97. The highest BCUT2D eigenvalue weighted by Gasteiger charge is 2.30. The van der Waals surface area contributed by atoms with E-state index in [0.717, 1.165) is 18.4 Å². The average molecular weight is 310 g/mol. The molecule has 0 spiro atoms. The first-order valence-corrected chi connectivity index (χ1v) is 7.59. The van der Waals surface area contributed by atoms with E-state index in [-0.39, 0.29) is 36.7 Å². The van der Waals surface area contributed by atoms with Crippen LogP contribution < -0.4 is 10.6 Å². The molecular weight excluding hydrogens is 292 g/mol. The molecule has 1 aromatic heterocycles. The highest BCUT2D eigenvalue weighted by molar-refractivity contribution is 7.18. The van der Waals surface area contributed by atoms with Gasteiger partial charge in [0.1, 0.15) is 0 Å². The molecule has 1 fully saturated rings. The summed E-state index contributed by atoms with van der Waals surface area (Å²) < 4.78 is 4.50. The lowest BCUT2D eigenvalue weighted by atomic mass is 10.2. The van der Waals surface area contributed by atoms with E-state index in [2.05, 4.69) is 15.4 Å². The molecule has 0 saturated heterocycles. The molecule has 0 atom stereocenters. The smallest absolute Gasteiger partial charge is 0.307 e. The van der Waals surface area contributed by atoms with Crippen LogP contribution in [0.5, 0.6) is 0 Å². The Balaban J connectivity index is 1.89. The maximum atomic E-state index is 12.0. The summed E-state index contributed by atoms with van der Waals surface area (Å²) in [4.78, 5) is 35.2. The number of carbonyl (C=O) groups excluding carboxylic acids is 3. The Labute approximate surface area is 126 Å². The van der Waals surface area contributed by atoms with Crippen LogP contribution in [0.4, 0.5) is 5.00 Å². The summed E-state index contributed by atoms with van der Waals surface area (Å²) in [5.41, 5.74) is 0.807. The molecule has 2 amide bonds. The monoisotopic (exact) mass is 310 g/mol. The minimum Gasteiger partial charge on any atom is -0.469 e. The number of hydrogen-bond donors (Lipinski definition) is 2. The van der Waals surface area contributed by atoms with Gasteiger partial charge in [-0.25, -0.2) is 0 Å².